The molecule has 3 rings (SSSR count). The van der Waals surface area contributed by atoms with E-state index in [0.29, 0.717) is 11.1 Å². The zero-order chi connectivity index (χ0) is 27.7. The van der Waals surface area contributed by atoms with Gasteiger partial charge in [-0.05, 0) is 56.2 Å². The summed E-state index contributed by atoms with van der Waals surface area (Å²) in [5.41, 5.74) is -0.503. The van der Waals surface area contributed by atoms with Crippen molar-refractivity contribution < 1.29 is 41.7 Å². The van der Waals surface area contributed by atoms with Crippen LogP contribution in [0.25, 0.3) is 10.9 Å². The van der Waals surface area contributed by atoms with Crippen LogP contribution in [0.4, 0.5) is 8.78 Å². The number of nitrogens with one attached hydrogen (secondary N) is 1. The molecule has 2 aromatic carbocycles. The minimum atomic E-state index is -4.05. The molecule has 0 saturated heterocycles. The minimum Gasteiger partial charge on any atom is -0.462 e. The fourth-order valence-corrected chi connectivity index (χ4v) is 4.77. The van der Waals surface area contributed by atoms with Gasteiger partial charge in [-0.1, -0.05) is 12.1 Å². The number of aliphatic hydroxyl groups excluding tert-OH is 1. The molecule has 1 atom stereocenters. The van der Waals surface area contributed by atoms with E-state index in [-0.39, 0.29) is 28.1 Å². The molecule has 3 N–H and O–H groups in total. The van der Waals surface area contributed by atoms with Crippen LogP contribution in [-0.2, 0) is 26.4 Å². The SMILES string of the molecule is Cc1cc2c(cc(C(=O)NC(CO)c3ccc(S(=O)(=O)CC(=O)OCC(C)(C)O)cc3)n2C)c(F)c1F. The first-order valence-corrected chi connectivity index (χ1v) is 12.9. The number of aryl methyl sites for hydroxylation is 2. The molecule has 0 aliphatic heterocycles. The third-order valence-corrected chi connectivity index (χ3v) is 7.27. The molecule has 1 amide bonds. The normalized spacial score (nSPS) is 13.0. The summed E-state index contributed by atoms with van der Waals surface area (Å²) in [5, 5.41) is 22.0. The van der Waals surface area contributed by atoms with Crippen LogP contribution in [0.2, 0.25) is 0 Å². The molecule has 0 aliphatic rings. The van der Waals surface area contributed by atoms with Crippen molar-refractivity contribution in [3.8, 4) is 0 Å². The highest BCUT2D eigenvalue weighted by Gasteiger charge is 2.25. The number of benzene rings is 2. The number of hydrogen-bond donors (Lipinski definition) is 3. The van der Waals surface area contributed by atoms with Crippen molar-refractivity contribution in [1.82, 2.24) is 9.88 Å². The molecule has 0 aliphatic carbocycles. The van der Waals surface area contributed by atoms with Crippen LogP contribution in [0.15, 0.2) is 41.3 Å². The highest BCUT2D eigenvalue weighted by molar-refractivity contribution is 7.92. The van der Waals surface area contributed by atoms with E-state index in [1.54, 1.807) is 0 Å². The number of rotatable bonds is 9. The van der Waals surface area contributed by atoms with Crippen LogP contribution in [-0.4, -0.2) is 59.6 Å². The summed E-state index contributed by atoms with van der Waals surface area (Å²) in [7, 11) is -2.53. The lowest BCUT2D eigenvalue weighted by Gasteiger charge is -2.18. The van der Waals surface area contributed by atoms with Crippen LogP contribution in [0.3, 0.4) is 0 Å². The average Bonchev–Trinajstić information content (AvgIpc) is 3.15. The number of sulfone groups is 1. The van der Waals surface area contributed by atoms with Crippen molar-refractivity contribution in [2.24, 2.45) is 7.05 Å². The fourth-order valence-electron chi connectivity index (χ4n) is 3.66. The average molecular weight is 539 g/mol. The van der Waals surface area contributed by atoms with Gasteiger partial charge in [0.15, 0.2) is 27.2 Å². The van der Waals surface area contributed by atoms with Gasteiger partial charge in [0.2, 0.25) is 0 Å². The Morgan fingerprint density at radius 3 is 2.32 bits per heavy atom. The van der Waals surface area contributed by atoms with Gasteiger partial charge in [0.1, 0.15) is 12.3 Å². The van der Waals surface area contributed by atoms with E-state index < -0.39 is 57.4 Å². The number of aromatic nitrogens is 1. The molecule has 1 unspecified atom stereocenters. The van der Waals surface area contributed by atoms with Crippen molar-refractivity contribution in [2.75, 3.05) is 19.0 Å². The van der Waals surface area contributed by atoms with Crippen LogP contribution in [0, 0.1) is 18.6 Å². The van der Waals surface area contributed by atoms with Crippen molar-refractivity contribution >= 4 is 32.6 Å². The monoisotopic (exact) mass is 538 g/mol. The molecule has 37 heavy (non-hydrogen) atoms. The standard InChI is InChI=1S/C25H28F2N2O7S/c1-14-9-19-17(23(27)22(14)26)10-20(29(19)4)24(32)28-18(11-30)15-5-7-16(8-6-15)37(34,35)12-21(31)36-13-25(2,3)33/h5-10,18,30,33H,11-13H2,1-4H3,(H,28,32). The Bertz CT molecular complexity index is 1440. The van der Waals surface area contributed by atoms with E-state index >= 15 is 0 Å². The van der Waals surface area contributed by atoms with Gasteiger partial charge in [-0.3, -0.25) is 9.59 Å². The summed E-state index contributed by atoms with van der Waals surface area (Å²) in [5.74, 6) is -4.68. The first-order valence-electron chi connectivity index (χ1n) is 11.2. The molecular weight excluding hydrogens is 510 g/mol. The van der Waals surface area contributed by atoms with Crippen molar-refractivity contribution in [3.05, 3.63) is 64.9 Å². The number of halogens is 2. The van der Waals surface area contributed by atoms with E-state index in [4.69, 9.17) is 4.74 Å². The third-order valence-electron chi connectivity index (χ3n) is 5.66. The largest absolute Gasteiger partial charge is 0.462 e. The zero-order valence-electron chi connectivity index (χ0n) is 20.7. The van der Waals surface area contributed by atoms with Gasteiger partial charge in [-0.25, -0.2) is 17.2 Å². The maximum atomic E-state index is 14.4. The first-order chi connectivity index (χ1) is 17.1. The summed E-state index contributed by atoms with van der Waals surface area (Å²) in [4.78, 5) is 24.6. The summed E-state index contributed by atoms with van der Waals surface area (Å²) >= 11 is 0. The van der Waals surface area contributed by atoms with Gasteiger partial charge in [0, 0.05) is 12.4 Å². The molecule has 12 heteroatoms. The van der Waals surface area contributed by atoms with Crippen LogP contribution in [0.5, 0.6) is 0 Å². The first kappa shape index (κ1) is 28.2. The van der Waals surface area contributed by atoms with Crippen LogP contribution >= 0.6 is 0 Å². The van der Waals surface area contributed by atoms with E-state index in [1.807, 2.05) is 0 Å². The van der Waals surface area contributed by atoms with Gasteiger partial charge in [0.05, 0.1) is 28.7 Å². The number of amides is 1. The Kier molecular flexibility index (Phi) is 8.06. The molecule has 0 radical (unpaired) electrons. The second-order valence-electron chi connectivity index (χ2n) is 9.35. The summed E-state index contributed by atoms with van der Waals surface area (Å²) in [6.07, 6.45) is 0. The number of aliphatic hydroxyl groups is 2. The maximum absolute atomic E-state index is 14.4. The minimum absolute atomic E-state index is 0.0288. The molecule has 0 saturated carbocycles. The third kappa shape index (κ3) is 6.32. The number of carbonyl (C=O) groups excluding carboxylic acids is 2. The zero-order valence-corrected chi connectivity index (χ0v) is 21.5. The molecule has 0 spiro atoms. The van der Waals surface area contributed by atoms with E-state index in [9.17, 15) is 37.0 Å². The molecule has 1 aromatic heterocycles. The fraction of sp³-hybridized carbons (Fsp3) is 0.360. The molecule has 1 heterocycles. The Morgan fingerprint density at radius 1 is 1.14 bits per heavy atom. The Morgan fingerprint density at radius 2 is 1.76 bits per heavy atom. The molecule has 200 valence electrons. The van der Waals surface area contributed by atoms with Crippen molar-refractivity contribution in [3.63, 3.8) is 0 Å². The second kappa shape index (κ2) is 10.6. The predicted molar refractivity (Wildman–Crippen MR) is 131 cm³/mol. The van der Waals surface area contributed by atoms with Gasteiger partial charge in [0.25, 0.3) is 5.91 Å². The predicted octanol–water partition coefficient (Wildman–Crippen LogP) is 2.32. The summed E-state index contributed by atoms with van der Waals surface area (Å²) < 4.78 is 59.6. The van der Waals surface area contributed by atoms with Crippen molar-refractivity contribution in [1.29, 1.82) is 0 Å². The van der Waals surface area contributed by atoms with Gasteiger partial charge in [-0.15, -0.1) is 0 Å². The second-order valence-corrected chi connectivity index (χ2v) is 11.3. The Hall–Kier alpha value is -3.35. The number of fused-ring (bicyclic) bond motifs is 1. The van der Waals surface area contributed by atoms with E-state index in [0.717, 1.165) is 0 Å². The number of nitrogens with zero attached hydrogens (tertiary/aromatic N) is 1. The highest BCUT2D eigenvalue weighted by atomic mass is 32.2. The number of carbonyl (C=O) groups is 2. The lowest BCUT2D eigenvalue weighted by molar-refractivity contribution is -0.146. The van der Waals surface area contributed by atoms with E-state index in [1.165, 1.54) is 68.8 Å². The smallest absolute Gasteiger partial charge is 0.321 e. The number of esters is 1. The van der Waals surface area contributed by atoms with E-state index in [2.05, 4.69) is 5.32 Å². The molecule has 0 bridgehead atoms. The molecule has 9 nitrogen and oxygen atoms in total. The van der Waals surface area contributed by atoms with Crippen molar-refractivity contribution in [2.45, 2.75) is 37.3 Å². The summed E-state index contributed by atoms with van der Waals surface area (Å²) in [6.45, 7) is 3.32. The lowest BCUT2D eigenvalue weighted by atomic mass is 10.1. The Labute approximate surface area is 212 Å². The topological polar surface area (TPSA) is 135 Å². The quantitative estimate of drug-likeness (QED) is 0.356. The van der Waals surface area contributed by atoms with Gasteiger partial charge in [-0.2, -0.15) is 0 Å². The maximum Gasteiger partial charge on any atom is 0.321 e. The highest BCUT2D eigenvalue weighted by Crippen LogP contribution is 2.27. The van der Waals surface area contributed by atoms with Crippen LogP contribution < -0.4 is 5.32 Å². The lowest BCUT2D eigenvalue weighted by Crippen LogP contribution is -2.32. The summed E-state index contributed by atoms with van der Waals surface area (Å²) in [6, 6.07) is 6.88. The number of hydrogen-bond acceptors (Lipinski definition) is 7. The molecule has 3 aromatic rings. The number of ether oxygens (including phenoxy) is 1. The van der Waals surface area contributed by atoms with Crippen LogP contribution in [0.1, 0.15) is 41.5 Å². The molecule has 0 fully saturated rings. The molecular formula is C25H28F2N2O7S. The van der Waals surface area contributed by atoms with Gasteiger partial charge >= 0.3 is 5.97 Å². The van der Waals surface area contributed by atoms with Gasteiger partial charge < -0.3 is 24.8 Å². The Balaban J connectivity index is 1.76.